The molecule has 0 spiro atoms. The molecule has 0 unspecified atom stereocenters. The number of hydrogen-bond donors (Lipinski definition) is 0. The molecule has 0 saturated carbocycles. The minimum absolute atomic E-state index is 0.653. The van der Waals surface area contributed by atoms with E-state index in [1.807, 2.05) is 0 Å². The Balaban J connectivity index is 2.40. The van der Waals surface area contributed by atoms with Crippen molar-refractivity contribution in [2.75, 3.05) is 0 Å². The molecule has 1 heteroatoms. The maximum atomic E-state index is 8.49. The summed E-state index contributed by atoms with van der Waals surface area (Å²) in [5, 5.41) is 8.49. The summed E-state index contributed by atoms with van der Waals surface area (Å²) in [4.78, 5) is 0. The van der Waals surface area contributed by atoms with E-state index in [1.165, 1.54) is 37.7 Å². The van der Waals surface area contributed by atoms with Crippen LogP contribution in [0, 0.1) is 11.3 Å². The van der Waals surface area contributed by atoms with Gasteiger partial charge in [0.1, 0.15) is 0 Å². The fourth-order valence-electron chi connectivity index (χ4n) is 1.52. The van der Waals surface area contributed by atoms with Crippen molar-refractivity contribution in [1.82, 2.24) is 0 Å². The number of rotatable bonds is 1. The largest absolute Gasteiger partial charge is 0.198 e. The standard InChI is InChI=1S/C10H15N/c11-9-8-10-6-4-2-1-3-5-7-10/h6H,1-5,7-8H2/b10-6+. The fourth-order valence-corrected chi connectivity index (χ4v) is 1.52. The molecule has 0 N–H and O–H groups in total. The summed E-state index contributed by atoms with van der Waals surface area (Å²) in [5.41, 5.74) is 1.37. The van der Waals surface area contributed by atoms with Crippen LogP contribution < -0.4 is 0 Å². The van der Waals surface area contributed by atoms with E-state index in [2.05, 4.69) is 12.1 Å². The van der Waals surface area contributed by atoms with Crippen molar-refractivity contribution < 1.29 is 0 Å². The summed E-state index contributed by atoms with van der Waals surface area (Å²) < 4.78 is 0. The molecular formula is C10H15N. The average Bonchev–Trinajstić information content (AvgIpc) is 1.94. The first-order valence-corrected chi connectivity index (χ1v) is 4.48. The van der Waals surface area contributed by atoms with Gasteiger partial charge in [-0.15, -0.1) is 0 Å². The quantitative estimate of drug-likeness (QED) is 0.525. The van der Waals surface area contributed by atoms with Crippen LogP contribution in [-0.4, -0.2) is 0 Å². The number of nitrogens with zero attached hydrogens (tertiary/aromatic N) is 1. The molecule has 0 aromatic carbocycles. The smallest absolute Gasteiger partial charge is 0.0666 e. The zero-order valence-corrected chi connectivity index (χ0v) is 6.97. The van der Waals surface area contributed by atoms with Gasteiger partial charge in [0.2, 0.25) is 0 Å². The predicted molar refractivity (Wildman–Crippen MR) is 46.0 cm³/mol. The van der Waals surface area contributed by atoms with Crippen molar-refractivity contribution in [2.24, 2.45) is 0 Å². The summed E-state index contributed by atoms with van der Waals surface area (Å²) in [6.45, 7) is 0. The Labute approximate surface area is 68.7 Å². The molecule has 0 aromatic heterocycles. The van der Waals surface area contributed by atoms with Gasteiger partial charge in [0, 0.05) is 0 Å². The Morgan fingerprint density at radius 3 is 2.91 bits per heavy atom. The van der Waals surface area contributed by atoms with Crippen LogP contribution in [0.1, 0.15) is 44.9 Å². The Kier molecular flexibility index (Phi) is 3.75. The molecule has 0 amide bonds. The van der Waals surface area contributed by atoms with Gasteiger partial charge in [-0.25, -0.2) is 0 Å². The molecule has 11 heavy (non-hydrogen) atoms. The molecule has 1 aliphatic carbocycles. The van der Waals surface area contributed by atoms with Gasteiger partial charge in [-0.1, -0.05) is 24.5 Å². The lowest BCUT2D eigenvalue weighted by Gasteiger charge is -2.07. The molecule has 60 valence electrons. The Bertz CT molecular complexity index is 174. The maximum absolute atomic E-state index is 8.49. The fraction of sp³-hybridized carbons (Fsp3) is 0.700. The molecule has 0 saturated heterocycles. The van der Waals surface area contributed by atoms with E-state index in [9.17, 15) is 0 Å². The zero-order valence-electron chi connectivity index (χ0n) is 6.97. The van der Waals surface area contributed by atoms with E-state index in [1.54, 1.807) is 0 Å². The second kappa shape index (κ2) is 4.96. The molecule has 0 aliphatic heterocycles. The van der Waals surface area contributed by atoms with E-state index in [4.69, 9.17) is 5.26 Å². The Morgan fingerprint density at radius 2 is 2.09 bits per heavy atom. The van der Waals surface area contributed by atoms with Gasteiger partial charge in [-0.2, -0.15) is 5.26 Å². The molecule has 0 atom stereocenters. The number of allylic oxidation sites excluding steroid dienone is 2. The van der Waals surface area contributed by atoms with Crippen LogP contribution in [-0.2, 0) is 0 Å². The van der Waals surface area contributed by atoms with Crippen LogP contribution in [0.15, 0.2) is 11.6 Å². The van der Waals surface area contributed by atoms with Crippen molar-refractivity contribution in [3.05, 3.63) is 11.6 Å². The molecular weight excluding hydrogens is 134 g/mol. The van der Waals surface area contributed by atoms with Crippen LogP contribution >= 0.6 is 0 Å². The first-order valence-electron chi connectivity index (χ1n) is 4.48. The highest BCUT2D eigenvalue weighted by Gasteiger charge is 2.00. The Morgan fingerprint density at radius 1 is 1.27 bits per heavy atom. The summed E-state index contributed by atoms with van der Waals surface area (Å²) in [6, 6.07) is 2.22. The normalized spacial score (nSPS) is 24.1. The van der Waals surface area contributed by atoms with Crippen molar-refractivity contribution in [1.29, 1.82) is 5.26 Å². The lowest BCUT2D eigenvalue weighted by molar-refractivity contribution is 0.621. The van der Waals surface area contributed by atoms with Gasteiger partial charge < -0.3 is 0 Å². The van der Waals surface area contributed by atoms with Crippen molar-refractivity contribution in [3.63, 3.8) is 0 Å². The van der Waals surface area contributed by atoms with Crippen LogP contribution in [0.4, 0.5) is 0 Å². The number of hydrogen-bond acceptors (Lipinski definition) is 1. The molecule has 0 aromatic rings. The highest BCUT2D eigenvalue weighted by atomic mass is 14.2. The van der Waals surface area contributed by atoms with E-state index < -0.39 is 0 Å². The third kappa shape index (κ3) is 3.23. The molecule has 1 aliphatic rings. The summed E-state index contributed by atoms with van der Waals surface area (Å²) >= 11 is 0. The van der Waals surface area contributed by atoms with Gasteiger partial charge >= 0.3 is 0 Å². The minimum Gasteiger partial charge on any atom is -0.198 e. The lowest BCUT2D eigenvalue weighted by Crippen LogP contribution is -1.89. The van der Waals surface area contributed by atoms with Gasteiger partial charge in [0.05, 0.1) is 12.5 Å². The third-order valence-electron chi connectivity index (χ3n) is 2.19. The minimum atomic E-state index is 0.653. The lowest BCUT2D eigenvalue weighted by atomic mass is 9.98. The molecule has 0 fully saturated rings. The topological polar surface area (TPSA) is 23.8 Å². The molecule has 0 heterocycles. The van der Waals surface area contributed by atoms with Gasteiger partial charge in [0.25, 0.3) is 0 Å². The highest BCUT2D eigenvalue weighted by molar-refractivity contribution is 5.08. The average molecular weight is 149 g/mol. The molecule has 1 nitrogen and oxygen atoms in total. The highest BCUT2D eigenvalue weighted by Crippen LogP contribution is 2.18. The number of nitriles is 1. The van der Waals surface area contributed by atoms with Crippen LogP contribution in [0.3, 0.4) is 0 Å². The van der Waals surface area contributed by atoms with E-state index in [-0.39, 0.29) is 0 Å². The van der Waals surface area contributed by atoms with E-state index >= 15 is 0 Å². The predicted octanol–water partition coefficient (Wildman–Crippen LogP) is 3.18. The second-order valence-electron chi connectivity index (χ2n) is 3.15. The first-order chi connectivity index (χ1) is 5.43. The van der Waals surface area contributed by atoms with Crippen LogP contribution in [0.5, 0.6) is 0 Å². The van der Waals surface area contributed by atoms with Gasteiger partial charge in [0.15, 0.2) is 0 Å². The summed E-state index contributed by atoms with van der Waals surface area (Å²) in [7, 11) is 0. The summed E-state index contributed by atoms with van der Waals surface area (Å²) in [6.07, 6.45) is 10.6. The molecule has 1 rings (SSSR count). The van der Waals surface area contributed by atoms with Crippen LogP contribution in [0.2, 0.25) is 0 Å². The summed E-state index contributed by atoms with van der Waals surface area (Å²) in [5.74, 6) is 0. The van der Waals surface area contributed by atoms with E-state index in [0.29, 0.717) is 6.42 Å². The monoisotopic (exact) mass is 149 g/mol. The third-order valence-corrected chi connectivity index (χ3v) is 2.19. The van der Waals surface area contributed by atoms with Crippen LogP contribution in [0.25, 0.3) is 0 Å². The zero-order chi connectivity index (χ0) is 7.94. The Hall–Kier alpha value is -0.770. The SMILES string of the molecule is N#CC/C1=C/CCCCCC1. The van der Waals surface area contributed by atoms with Gasteiger partial charge in [-0.05, 0) is 25.7 Å². The second-order valence-corrected chi connectivity index (χ2v) is 3.15. The molecule has 0 bridgehead atoms. The van der Waals surface area contributed by atoms with Gasteiger partial charge in [-0.3, -0.25) is 0 Å². The van der Waals surface area contributed by atoms with E-state index in [0.717, 1.165) is 6.42 Å². The van der Waals surface area contributed by atoms with Crippen molar-refractivity contribution in [3.8, 4) is 6.07 Å². The van der Waals surface area contributed by atoms with Crippen molar-refractivity contribution >= 4 is 0 Å². The van der Waals surface area contributed by atoms with Crippen molar-refractivity contribution in [2.45, 2.75) is 44.9 Å². The first kappa shape index (κ1) is 8.33. The molecule has 0 radical (unpaired) electrons. The maximum Gasteiger partial charge on any atom is 0.0666 e.